The SMILES string of the molecule is CC(Oc1cc2c(cc1C(=O)O)OCO2)c1ccccc1. The van der Waals surface area contributed by atoms with Crippen molar-refractivity contribution in [2.24, 2.45) is 0 Å². The molecule has 2 aromatic rings. The normalized spacial score (nSPS) is 13.8. The van der Waals surface area contributed by atoms with Crippen molar-refractivity contribution in [1.82, 2.24) is 0 Å². The average Bonchev–Trinajstić information content (AvgIpc) is 2.94. The Balaban J connectivity index is 1.93. The third-order valence-electron chi connectivity index (χ3n) is 3.28. The van der Waals surface area contributed by atoms with Crippen LogP contribution in [0.15, 0.2) is 42.5 Å². The number of benzene rings is 2. The quantitative estimate of drug-likeness (QED) is 0.934. The van der Waals surface area contributed by atoms with Crippen molar-refractivity contribution in [3.8, 4) is 17.2 Å². The summed E-state index contributed by atoms with van der Waals surface area (Å²) in [6.45, 7) is 1.96. The van der Waals surface area contributed by atoms with E-state index in [9.17, 15) is 9.90 Å². The summed E-state index contributed by atoms with van der Waals surface area (Å²) >= 11 is 0. The predicted molar refractivity (Wildman–Crippen MR) is 75.0 cm³/mol. The summed E-state index contributed by atoms with van der Waals surface area (Å²) in [4.78, 5) is 11.4. The van der Waals surface area contributed by atoms with E-state index in [0.717, 1.165) is 5.56 Å². The lowest BCUT2D eigenvalue weighted by Gasteiger charge is -2.17. The van der Waals surface area contributed by atoms with E-state index in [0.29, 0.717) is 11.5 Å². The van der Waals surface area contributed by atoms with Crippen LogP contribution in [0.5, 0.6) is 17.2 Å². The van der Waals surface area contributed by atoms with Gasteiger partial charge >= 0.3 is 5.97 Å². The van der Waals surface area contributed by atoms with Gasteiger partial charge in [0.25, 0.3) is 0 Å². The van der Waals surface area contributed by atoms with Crippen LogP contribution in [-0.2, 0) is 0 Å². The molecule has 1 aliphatic heterocycles. The Hall–Kier alpha value is -2.69. The number of carboxylic acid groups (broad SMARTS) is 1. The second kappa shape index (κ2) is 5.36. The van der Waals surface area contributed by atoms with E-state index in [1.807, 2.05) is 37.3 Å². The van der Waals surface area contributed by atoms with Crippen LogP contribution in [-0.4, -0.2) is 17.9 Å². The average molecular weight is 286 g/mol. The summed E-state index contributed by atoms with van der Waals surface area (Å²) in [5.41, 5.74) is 1.02. The second-order valence-electron chi connectivity index (χ2n) is 4.68. The Morgan fingerprint density at radius 1 is 1.19 bits per heavy atom. The van der Waals surface area contributed by atoms with Gasteiger partial charge in [0.1, 0.15) is 17.4 Å². The Morgan fingerprint density at radius 3 is 2.52 bits per heavy atom. The van der Waals surface area contributed by atoms with Crippen molar-refractivity contribution in [1.29, 1.82) is 0 Å². The summed E-state index contributed by atoms with van der Waals surface area (Å²) in [6.07, 6.45) is -0.273. The van der Waals surface area contributed by atoms with E-state index in [4.69, 9.17) is 14.2 Å². The monoisotopic (exact) mass is 286 g/mol. The van der Waals surface area contributed by atoms with Crippen LogP contribution in [0.25, 0.3) is 0 Å². The molecule has 0 spiro atoms. The van der Waals surface area contributed by atoms with Crippen molar-refractivity contribution < 1.29 is 24.1 Å². The number of ether oxygens (including phenoxy) is 3. The highest BCUT2D eigenvalue weighted by molar-refractivity contribution is 5.92. The minimum Gasteiger partial charge on any atom is -0.485 e. The first-order valence-electron chi connectivity index (χ1n) is 6.53. The van der Waals surface area contributed by atoms with Crippen LogP contribution >= 0.6 is 0 Å². The van der Waals surface area contributed by atoms with Gasteiger partial charge in [0.2, 0.25) is 6.79 Å². The van der Waals surface area contributed by atoms with E-state index < -0.39 is 5.97 Å². The number of carboxylic acids is 1. The number of aromatic carboxylic acids is 1. The Bertz CT molecular complexity index is 666. The predicted octanol–water partition coefficient (Wildman–Crippen LogP) is 3.25. The Morgan fingerprint density at radius 2 is 1.86 bits per heavy atom. The Kier molecular flexibility index (Phi) is 3.39. The minimum absolute atomic E-state index is 0.0574. The summed E-state index contributed by atoms with van der Waals surface area (Å²) < 4.78 is 16.3. The molecule has 0 fully saturated rings. The molecular weight excluding hydrogens is 272 g/mol. The number of rotatable bonds is 4. The first-order valence-corrected chi connectivity index (χ1v) is 6.53. The molecule has 2 aromatic carbocycles. The molecule has 0 saturated heterocycles. The second-order valence-corrected chi connectivity index (χ2v) is 4.68. The number of carbonyl (C=O) groups is 1. The van der Waals surface area contributed by atoms with Gasteiger partial charge in [-0.2, -0.15) is 0 Å². The molecule has 0 bridgehead atoms. The largest absolute Gasteiger partial charge is 0.485 e. The molecule has 1 aliphatic rings. The molecule has 0 aromatic heterocycles. The molecule has 5 heteroatoms. The number of fused-ring (bicyclic) bond motifs is 1. The van der Waals surface area contributed by atoms with E-state index >= 15 is 0 Å². The van der Waals surface area contributed by atoms with Crippen LogP contribution in [0.1, 0.15) is 28.9 Å². The lowest BCUT2D eigenvalue weighted by atomic mass is 10.1. The molecule has 0 saturated carbocycles. The van der Waals surface area contributed by atoms with Crippen molar-refractivity contribution in [3.05, 3.63) is 53.6 Å². The molecule has 0 amide bonds. The number of hydrogen-bond donors (Lipinski definition) is 1. The van der Waals surface area contributed by atoms with Crippen LogP contribution < -0.4 is 14.2 Å². The van der Waals surface area contributed by atoms with Gasteiger partial charge in [-0.25, -0.2) is 4.79 Å². The van der Waals surface area contributed by atoms with Crippen molar-refractivity contribution in [3.63, 3.8) is 0 Å². The first-order chi connectivity index (χ1) is 10.1. The van der Waals surface area contributed by atoms with Crippen molar-refractivity contribution in [2.75, 3.05) is 6.79 Å². The zero-order valence-corrected chi connectivity index (χ0v) is 11.4. The number of hydrogen-bond acceptors (Lipinski definition) is 4. The van der Waals surface area contributed by atoms with Crippen LogP contribution in [0.2, 0.25) is 0 Å². The fourth-order valence-corrected chi connectivity index (χ4v) is 2.17. The van der Waals surface area contributed by atoms with Crippen molar-refractivity contribution >= 4 is 5.97 Å². The van der Waals surface area contributed by atoms with Crippen LogP contribution in [0, 0.1) is 0 Å². The summed E-state index contributed by atoms with van der Waals surface area (Å²) in [5.74, 6) is 0.119. The molecular formula is C16H14O5. The molecule has 1 unspecified atom stereocenters. The van der Waals surface area contributed by atoms with Gasteiger partial charge in [0.05, 0.1) is 0 Å². The minimum atomic E-state index is -1.07. The molecule has 0 aliphatic carbocycles. The van der Waals surface area contributed by atoms with Crippen LogP contribution in [0.4, 0.5) is 0 Å². The highest BCUT2D eigenvalue weighted by atomic mass is 16.7. The highest BCUT2D eigenvalue weighted by Gasteiger charge is 2.22. The molecule has 0 radical (unpaired) electrons. The maximum Gasteiger partial charge on any atom is 0.339 e. The van der Waals surface area contributed by atoms with E-state index in [-0.39, 0.29) is 24.2 Å². The molecule has 5 nitrogen and oxygen atoms in total. The fraction of sp³-hybridized carbons (Fsp3) is 0.188. The van der Waals surface area contributed by atoms with E-state index in [1.54, 1.807) is 6.07 Å². The van der Waals surface area contributed by atoms with Gasteiger partial charge in [0, 0.05) is 12.1 Å². The lowest BCUT2D eigenvalue weighted by molar-refractivity contribution is 0.0689. The topological polar surface area (TPSA) is 65.0 Å². The standard InChI is InChI=1S/C16H14O5/c1-10(11-5-3-2-4-6-11)21-13-8-15-14(19-9-20-15)7-12(13)16(17)18/h2-8,10H,9H2,1H3,(H,17,18). The smallest absolute Gasteiger partial charge is 0.339 e. The highest BCUT2D eigenvalue weighted by Crippen LogP contribution is 2.39. The van der Waals surface area contributed by atoms with Gasteiger partial charge in [-0.15, -0.1) is 0 Å². The lowest BCUT2D eigenvalue weighted by Crippen LogP contribution is -2.07. The van der Waals surface area contributed by atoms with Gasteiger partial charge in [-0.05, 0) is 12.5 Å². The molecule has 3 rings (SSSR count). The maximum atomic E-state index is 11.4. The summed E-state index contributed by atoms with van der Waals surface area (Å²) in [5, 5.41) is 9.30. The van der Waals surface area contributed by atoms with E-state index in [1.165, 1.54) is 6.07 Å². The third kappa shape index (κ3) is 2.63. The molecule has 108 valence electrons. The molecule has 1 N–H and O–H groups in total. The summed E-state index contributed by atoms with van der Waals surface area (Å²) in [6, 6.07) is 12.6. The fourth-order valence-electron chi connectivity index (χ4n) is 2.17. The molecule has 21 heavy (non-hydrogen) atoms. The van der Waals surface area contributed by atoms with Crippen molar-refractivity contribution in [2.45, 2.75) is 13.0 Å². The van der Waals surface area contributed by atoms with Crippen LogP contribution in [0.3, 0.4) is 0 Å². The Labute approximate surface area is 121 Å². The molecule has 1 atom stereocenters. The zero-order chi connectivity index (χ0) is 14.8. The van der Waals surface area contributed by atoms with Gasteiger partial charge in [-0.3, -0.25) is 0 Å². The first kappa shape index (κ1) is 13.3. The summed E-state index contributed by atoms with van der Waals surface area (Å²) in [7, 11) is 0. The maximum absolute atomic E-state index is 11.4. The third-order valence-corrected chi connectivity index (χ3v) is 3.28. The van der Waals surface area contributed by atoms with Gasteiger partial charge in [0.15, 0.2) is 11.5 Å². The van der Waals surface area contributed by atoms with E-state index in [2.05, 4.69) is 0 Å². The van der Waals surface area contributed by atoms with Gasteiger partial charge < -0.3 is 19.3 Å². The van der Waals surface area contributed by atoms with Gasteiger partial charge in [-0.1, -0.05) is 30.3 Å². The molecule has 1 heterocycles. The zero-order valence-electron chi connectivity index (χ0n) is 11.4.